The second-order valence-electron chi connectivity index (χ2n) is 3.02. The van der Waals surface area contributed by atoms with Gasteiger partial charge in [0, 0.05) is 0 Å². The van der Waals surface area contributed by atoms with Gasteiger partial charge in [-0.3, -0.25) is 0 Å². The Hall–Kier alpha value is -1.25. The van der Waals surface area contributed by atoms with Gasteiger partial charge in [-0.05, 0) is 11.6 Å². The van der Waals surface area contributed by atoms with E-state index < -0.39 is 0 Å². The summed E-state index contributed by atoms with van der Waals surface area (Å²) in [6.45, 7) is 0. The first-order valence-electron chi connectivity index (χ1n) is 4.57. The van der Waals surface area contributed by atoms with Crippen molar-refractivity contribution >= 4 is 45.9 Å². The summed E-state index contributed by atoms with van der Waals surface area (Å²) in [5.41, 5.74) is 1.51. The van der Waals surface area contributed by atoms with Crippen LogP contribution in [-0.2, 0) is 5.75 Å². The standard InChI is InChI=1S/C8H5ClN6S2/c9-8-15-14-4(17-8)1-16-7-5-6(11-2-10-5)12-3-13-7/h2-3H,1H2,(H,10,11,12,13). The first-order chi connectivity index (χ1) is 8.33. The zero-order valence-corrected chi connectivity index (χ0v) is 10.7. The van der Waals surface area contributed by atoms with E-state index in [0.717, 1.165) is 15.6 Å². The van der Waals surface area contributed by atoms with E-state index in [9.17, 15) is 0 Å². The van der Waals surface area contributed by atoms with Crippen LogP contribution in [0.5, 0.6) is 0 Å². The molecule has 0 saturated heterocycles. The van der Waals surface area contributed by atoms with Gasteiger partial charge in [-0.25, -0.2) is 15.0 Å². The Bertz CT molecular complexity index is 650. The average Bonchev–Trinajstić information content (AvgIpc) is 2.94. The highest BCUT2D eigenvalue weighted by Gasteiger charge is 2.08. The molecule has 3 aromatic heterocycles. The first-order valence-corrected chi connectivity index (χ1v) is 6.75. The van der Waals surface area contributed by atoms with Gasteiger partial charge in [0.25, 0.3) is 0 Å². The minimum Gasteiger partial charge on any atom is -0.341 e. The lowest BCUT2D eigenvalue weighted by Gasteiger charge is -1.98. The minimum atomic E-state index is 0.454. The highest BCUT2D eigenvalue weighted by Crippen LogP contribution is 2.27. The molecule has 3 heterocycles. The van der Waals surface area contributed by atoms with E-state index in [1.54, 1.807) is 18.1 Å². The molecule has 9 heteroatoms. The lowest BCUT2D eigenvalue weighted by molar-refractivity contribution is 1.04. The Morgan fingerprint density at radius 1 is 1.29 bits per heavy atom. The van der Waals surface area contributed by atoms with Crippen LogP contribution in [0.3, 0.4) is 0 Å². The maximum atomic E-state index is 5.71. The molecule has 1 N–H and O–H groups in total. The Kier molecular flexibility index (Phi) is 2.91. The van der Waals surface area contributed by atoms with Gasteiger partial charge in [0.15, 0.2) is 5.65 Å². The molecule has 0 aliphatic heterocycles. The summed E-state index contributed by atoms with van der Waals surface area (Å²) in [6, 6.07) is 0. The zero-order chi connectivity index (χ0) is 11.7. The Morgan fingerprint density at radius 3 is 3.06 bits per heavy atom. The van der Waals surface area contributed by atoms with Gasteiger partial charge < -0.3 is 4.98 Å². The van der Waals surface area contributed by atoms with Crippen LogP contribution in [0.2, 0.25) is 4.47 Å². The van der Waals surface area contributed by atoms with Crippen LogP contribution in [0.15, 0.2) is 17.7 Å². The van der Waals surface area contributed by atoms with Crippen LogP contribution >= 0.6 is 34.7 Å². The van der Waals surface area contributed by atoms with Crippen LogP contribution in [0, 0.1) is 0 Å². The number of halogens is 1. The SMILES string of the molecule is Clc1nnc(CSc2ncnc3nc[nH]c23)s1. The number of rotatable bonds is 3. The molecular formula is C8H5ClN6S2. The number of hydrogen-bond acceptors (Lipinski definition) is 7. The number of H-pyrrole nitrogens is 1. The van der Waals surface area contributed by atoms with Crippen molar-refractivity contribution in [2.45, 2.75) is 10.8 Å². The van der Waals surface area contributed by atoms with Crippen molar-refractivity contribution in [3.8, 4) is 0 Å². The molecule has 17 heavy (non-hydrogen) atoms. The van der Waals surface area contributed by atoms with Gasteiger partial charge in [-0.1, -0.05) is 23.1 Å². The van der Waals surface area contributed by atoms with Crippen molar-refractivity contribution in [2.75, 3.05) is 0 Å². The predicted molar refractivity (Wildman–Crippen MR) is 66.2 cm³/mol. The summed E-state index contributed by atoms with van der Waals surface area (Å²) in [4.78, 5) is 15.3. The lowest BCUT2D eigenvalue weighted by Crippen LogP contribution is -1.87. The normalized spacial score (nSPS) is 11.1. The average molecular weight is 285 g/mol. The van der Waals surface area contributed by atoms with Gasteiger partial charge in [-0.15, -0.1) is 10.2 Å². The highest BCUT2D eigenvalue weighted by atomic mass is 35.5. The summed E-state index contributed by atoms with van der Waals surface area (Å²) in [5, 5.41) is 9.41. The van der Waals surface area contributed by atoms with E-state index in [1.165, 1.54) is 17.7 Å². The third kappa shape index (κ3) is 2.24. The second-order valence-corrected chi connectivity index (χ2v) is 5.63. The molecule has 0 unspecified atom stereocenters. The number of thioether (sulfide) groups is 1. The van der Waals surface area contributed by atoms with Crippen LogP contribution in [0.4, 0.5) is 0 Å². The fraction of sp³-hybridized carbons (Fsp3) is 0.125. The number of hydrogen-bond donors (Lipinski definition) is 1. The smallest absolute Gasteiger partial charge is 0.207 e. The fourth-order valence-corrected chi connectivity index (χ4v) is 3.08. The molecule has 0 amide bonds. The lowest BCUT2D eigenvalue weighted by atomic mass is 10.6. The Morgan fingerprint density at radius 2 is 2.24 bits per heavy atom. The largest absolute Gasteiger partial charge is 0.341 e. The first kappa shape index (κ1) is 10.9. The maximum Gasteiger partial charge on any atom is 0.207 e. The molecule has 6 nitrogen and oxygen atoms in total. The van der Waals surface area contributed by atoms with Crippen molar-refractivity contribution in [3.63, 3.8) is 0 Å². The van der Waals surface area contributed by atoms with Crippen molar-refractivity contribution < 1.29 is 0 Å². The summed E-state index contributed by atoms with van der Waals surface area (Å²) in [7, 11) is 0. The van der Waals surface area contributed by atoms with E-state index in [0.29, 0.717) is 15.9 Å². The van der Waals surface area contributed by atoms with E-state index >= 15 is 0 Å². The third-order valence-electron chi connectivity index (χ3n) is 1.96. The van der Waals surface area contributed by atoms with Crippen molar-refractivity contribution in [2.24, 2.45) is 0 Å². The van der Waals surface area contributed by atoms with Crippen molar-refractivity contribution in [3.05, 3.63) is 22.1 Å². The van der Waals surface area contributed by atoms with Crippen molar-refractivity contribution in [1.29, 1.82) is 0 Å². The fourth-order valence-electron chi connectivity index (χ4n) is 1.27. The third-order valence-corrected chi connectivity index (χ3v) is 4.16. The molecule has 86 valence electrons. The van der Waals surface area contributed by atoms with Gasteiger partial charge in [0.05, 0.1) is 12.1 Å². The molecule has 0 aromatic carbocycles. The van der Waals surface area contributed by atoms with E-state index in [1.807, 2.05) is 0 Å². The summed E-state index contributed by atoms with van der Waals surface area (Å²) in [6.07, 6.45) is 3.10. The topological polar surface area (TPSA) is 80.2 Å². The Balaban J connectivity index is 1.83. The molecule has 0 atom stereocenters. The zero-order valence-electron chi connectivity index (χ0n) is 8.29. The monoisotopic (exact) mass is 284 g/mol. The molecule has 0 aliphatic carbocycles. The second kappa shape index (κ2) is 4.55. The van der Waals surface area contributed by atoms with Gasteiger partial charge in [0.1, 0.15) is 21.9 Å². The van der Waals surface area contributed by atoms with Crippen molar-refractivity contribution in [1.82, 2.24) is 30.1 Å². The maximum absolute atomic E-state index is 5.71. The van der Waals surface area contributed by atoms with Gasteiger partial charge in [0.2, 0.25) is 4.47 Å². The summed E-state index contributed by atoms with van der Waals surface area (Å²) in [5.74, 6) is 0.676. The van der Waals surface area contributed by atoms with Crippen LogP contribution in [0.25, 0.3) is 11.2 Å². The highest BCUT2D eigenvalue weighted by molar-refractivity contribution is 7.98. The Labute approximate surface area is 109 Å². The minimum absolute atomic E-state index is 0.454. The van der Waals surface area contributed by atoms with Crippen LogP contribution in [-0.4, -0.2) is 30.1 Å². The number of imidazole rings is 1. The van der Waals surface area contributed by atoms with E-state index in [4.69, 9.17) is 11.6 Å². The molecule has 3 rings (SSSR count). The molecule has 3 aromatic rings. The number of fused-ring (bicyclic) bond motifs is 1. The number of nitrogens with one attached hydrogen (secondary N) is 1. The van der Waals surface area contributed by atoms with Crippen LogP contribution in [0.1, 0.15) is 5.01 Å². The summed E-state index contributed by atoms with van der Waals surface area (Å²) >= 11 is 8.63. The molecule has 0 fully saturated rings. The van der Waals surface area contributed by atoms with E-state index in [2.05, 4.69) is 30.1 Å². The number of nitrogens with zero attached hydrogens (tertiary/aromatic N) is 5. The molecule has 0 bridgehead atoms. The van der Waals surface area contributed by atoms with Gasteiger partial charge >= 0.3 is 0 Å². The predicted octanol–water partition coefficient (Wildman–Crippen LogP) is 2.15. The number of aromatic amines is 1. The van der Waals surface area contributed by atoms with Gasteiger partial charge in [-0.2, -0.15) is 0 Å². The number of aromatic nitrogens is 6. The molecule has 0 saturated carbocycles. The van der Waals surface area contributed by atoms with E-state index in [-0.39, 0.29) is 0 Å². The van der Waals surface area contributed by atoms with Crippen LogP contribution < -0.4 is 0 Å². The molecule has 0 spiro atoms. The molecular weight excluding hydrogens is 280 g/mol. The quantitative estimate of drug-likeness (QED) is 0.586. The molecule has 0 radical (unpaired) electrons. The summed E-state index contributed by atoms with van der Waals surface area (Å²) < 4.78 is 0.454. The molecule has 0 aliphatic rings.